The fourth-order valence-electron chi connectivity index (χ4n) is 3.23. The first-order valence-corrected chi connectivity index (χ1v) is 8.67. The molecule has 2 saturated heterocycles. The standard InChI is InChI=1S/C13H24N2O4S/c1-12(2,3)19-11(16)15-6-5-13(9-15)10(8-14)4-7-20(13,17)18/h10H,4-9,14H2,1-3H3. The summed E-state index contributed by atoms with van der Waals surface area (Å²) < 4.78 is 29.2. The molecule has 0 aromatic rings. The van der Waals surface area contributed by atoms with Gasteiger partial charge < -0.3 is 15.4 Å². The molecule has 2 aliphatic rings. The molecule has 7 heteroatoms. The molecule has 2 atom stereocenters. The van der Waals surface area contributed by atoms with Crippen molar-refractivity contribution in [3.05, 3.63) is 0 Å². The summed E-state index contributed by atoms with van der Waals surface area (Å²) >= 11 is 0. The topological polar surface area (TPSA) is 89.7 Å². The first kappa shape index (κ1) is 15.6. The highest BCUT2D eigenvalue weighted by molar-refractivity contribution is 7.93. The third kappa shape index (κ3) is 2.53. The van der Waals surface area contributed by atoms with Gasteiger partial charge in [0.25, 0.3) is 0 Å². The first-order chi connectivity index (χ1) is 9.11. The molecule has 2 aliphatic heterocycles. The molecule has 1 amide bonds. The lowest BCUT2D eigenvalue weighted by molar-refractivity contribution is 0.0287. The zero-order chi connectivity index (χ0) is 15.2. The van der Waals surface area contributed by atoms with E-state index in [0.717, 1.165) is 0 Å². The summed E-state index contributed by atoms with van der Waals surface area (Å²) in [4.78, 5) is 13.6. The van der Waals surface area contributed by atoms with Crippen LogP contribution in [0.5, 0.6) is 0 Å². The third-order valence-electron chi connectivity index (χ3n) is 4.30. The van der Waals surface area contributed by atoms with Gasteiger partial charge in [-0.1, -0.05) is 0 Å². The van der Waals surface area contributed by atoms with Gasteiger partial charge in [0.1, 0.15) is 5.60 Å². The van der Waals surface area contributed by atoms with Gasteiger partial charge in [0.15, 0.2) is 9.84 Å². The SMILES string of the molecule is CC(C)(C)OC(=O)N1CCC2(C1)C(CN)CCS2(=O)=O. The van der Waals surface area contributed by atoms with E-state index in [9.17, 15) is 13.2 Å². The van der Waals surface area contributed by atoms with Crippen LogP contribution in [-0.2, 0) is 14.6 Å². The Bertz CT molecular complexity index is 497. The molecule has 0 saturated carbocycles. The van der Waals surface area contributed by atoms with Crippen molar-refractivity contribution in [2.24, 2.45) is 11.7 Å². The molecular formula is C13H24N2O4S. The highest BCUT2D eigenvalue weighted by Gasteiger charge is 2.58. The van der Waals surface area contributed by atoms with Crippen LogP contribution < -0.4 is 5.73 Å². The molecule has 116 valence electrons. The summed E-state index contributed by atoms with van der Waals surface area (Å²) in [6.45, 7) is 6.38. The van der Waals surface area contributed by atoms with Crippen LogP contribution in [0.3, 0.4) is 0 Å². The monoisotopic (exact) mass is 304 g/mol. The maximum atomic E-state index is 12.4. The van der Waals surface area contributed by atoms with Crippen LogP contribution in [0.2, 0.25) is 0 Å². The number of sulfone groups is 1. The Balaban J connectivity index is 2.17. The van der Waals surface area contributed by atoms with Crippen LogP contribution in [0, 0.1) is 5.92 Å². The van der Waals surface area contributed by atoms with Crippen LogP contribution in [0.25, 0.3) is 0 Å². The van der Waals surface area contributed by atoms with E-state index in [0.29, 0.717) is 25.9 Å². The number of ether oxygens (including phenoxy) is 1. The average Bonchev–Trinajstić information content (AvgIpc) is 2.83. The van der Waals surface area contributed by atoms with Crippen LogP contribution >= 0.6 is 0 Å². The second kappa shape index (κ2) is 4.87. The predicted octanol–water partition coefficient (Wildman–Crippen LogP) is 0.759. The Morgan fingerprint density at radius 2 is 2.10 bits per heavy atom. The fourth-order valence-corrected chi connectivity index (χ4v) is 5.70. The van der Waals surface area contributed by atoms with Gasteiger partial charge in [0.05, 0.1) is 10.5 Å². The number of nitrogens with zero attached hydrogens (tertiary/aromatic N) is 1. The van der Waals surface area contributed by atoms with E-state index >= 15 is 0 Å². The molecule has 0 aromatic carbocycles. The molecule has 1 spiro atoms. The van der Waals surface area contributed by atoms with Crippen LogP contribution in [0.1, 0.15) is 33.6 Å². The smallest absolute Gasteiger partial charge is 0.410 e. The van der Waals surface area contributed by atoms with Crippen LogP contribution in [0.15, 0.2) is 0 Å². The van der Waals surface area contributed by atoms with E-state index < -0.39 is 26.3 Å². The Labute approximate surface area is 120 Å². The molecule has 6 nitrogen and oxygen atoms in total. The van der Waals surface area contributed by atoms with Crippen LogP contribution in [-0.4, -0.2) is 55.1 Å². The summed E-state index contributed by atoms with van der Waals surface area (Å²) in [5, 5.41) is 0. The van der Waals surface area contributed by atoms with Crippen molar-refractivity contribution in [3.8, 4) is 0 Å². The molecule has 0 aromatic heterocycles. The molecule has 0 radical (unpaired) electrons. The van der Waals surface area contributed by atoms with E-state index in [-0.39, 0.29) is 18.2 Å². The second-order valence-corrected chi connectivity index (χ2v) is 9.21. The van der Waals surface area contributed by atoms with Gasteiger partial charge in [-0.25, -0.2) is 13.2 Å². The molecule has 2 N–H and O–H groups in total. The molecule has 2 rings (SSSR count). The fraction of sp³-hybridized carbons (Fsp3) is 0.923. The van der Waals surface area contributed by atoms with Crippen molar-refractivity contribution in [2.45, 2.75) is 44.0 Å². The second-order valence-electron chi connectivity index (χ2n) is 6.76. The molecule has 0 aliphatic carbocycles. The number of rotatable bonds is 1. The maximum absolute atomic E-state index is 12.4. The van der Waals surface area contributed by atoms with Crippen molar-refractivity contribution in [1.29, 1.82) is 0 Å². The number of nitrogens with two attached hydrogens (primary N) is 1. The van der Waals surface area contributed by atoms with Crippen molar-refractivity contribution in [2.75, 3.05) is 25.4 Å². The predicted molar refractivity (Wildman–Crippen MR) is 76.1 cm³/mol. The van der Waals surface area contributed by atoms with Gasteiger partial charge in [-0.15, -0.1) is 0 Å². The summed E-state index contributed by atoms with van der Waals surface area (Å²) in [7, 11) is -3.19. The Morgan fingerprint density at radius 1 is 1.45 bits per heavy atom. The van der Waals surface area contributed by atoms with Gasteiger partial charge >= 0.3 is 6.09 Å². The van der Waals surface area contributed by atoms with Crippen LogP contribution in [0.4, 0.5) is 4.79 Å². The zero-order valence-electron chi connectivity index (χ0n) is 12.4. The number of likely N-dealkylation sites (tertiary alicyclic amines) is 1. The maximum Gasteiger partial charge on any atom is 0.410 e. The summed E-state index contributed by atoms with van der Waals surface area (Å²) in [6.07, 6.45) is 0.629. The van der Waals surface area contributed by atoms with Crippen molar-refractivity contribution in [3.63, 3.8) is 0 Å². The summed E-state index contributed by atoms with van der Waals surface area (Å²) in [5.41, 5.74) is 5.16. The van der Waals surface area contributed by atoms with Gasteiger partial charge in [-0.2, -0.15) is 0 Å². The molecule has 2 fully saturated rings. The first-order valence-electron chi connectivity index (χ1n) is 7.02. The minimum absolute atomic E-state index is 0.0556. The average molecular weight is 304 g/mol. The van der Waals surface area contributed by atoms with Gasteiger partial charge in [-0.05, 0) is 46.1 Å². The normalized spacial score (nSPS) is 32.8. The number of carbonyl (C=O) groups excluding carboxylic acids is 1. The van der Waals surface area contributed by atoms with E-state index in [1.165, 1.54) is 4.90 Å². The molecular weight excluding hydrogens is 280 g/mol. The lowest BCUT2D eigenvalue weighted by Crippen LogP contribution is -2.47. The van der Waals surface area contributed by atoms with E-state index in [2.05, 4.69) is 0 Å². The minimum atomic E-state index is -3.19. The lowest BCUT2D eigenvalue weighted by Gasteiger charge is -2.30. The van der Waals surface area contributed by atoms with Gasteiger partial charge in [-0.3, -0.25) is 0 Å². The number of hydrogen-bond acceptors (Lipinski definition) is 5. The Kier molecular flexibility index (Phi) is 3.79. The zero-order valence-corrected chi connectivity index (χ0v) is 13.2. The van der Waals surface area contributed by atoms with Crippen molar-refractivity contribution < 1.29 is 17.9 Å². The molecule has 0 bridgehead atoms. The number of amides is 1. The van der Waals surface area contributed by atoms with Gasteiger partial charge in [0.2, 0.25) is 0 Å². The molecule has 20 heavy (non-hydrogen) atoms. The van der Waals surface area contributed by atoms with E-state index in [1.54, 1.807) is 20.8 Å². The van der Waals surface area contributed by atoms with E-state index in [1.807, 2.05) is 0 Å². The van der Waals surface area contributed by atoms with Crippen molar-refractivity contribution >= 4 is 15.9 Å². The highest BCUT2D eigenvalue weighted by Crippen LogP contribution is 2.44. The summed E-state index contributed by atoms with van der Waals surface area (Å²) in [5.74, 6) is 0.122. The molecule has 2 unspecified atom stereocenters. The number of carbonyl (C=O) groups is 1. The minimum Gasteiger partial charge on any atom is -0.444 e. The van der Waals surface area contributed by atoms with Gasteiger partial charge in [0, 0.05) is 13.1 Å². The number of hydrogen-bond donors (Lipinski definition) is 1. The lowest BCUT2D eigenvalue weighted by atomic mass is 9.89. The molecule has 2 heterocycles. The highest BCUT2D eigenvalue weighted by atomic mass is 32.2. The Morgan fingerprint density at radius 3 is 2.65 bits per heavy atom. The summed E-state index contributed by atoms with van der Waals surface area (Å²) in [6, 6.07) is 0. The van der Waals surface area contributed by atoms with Crippen molar-refractivity contribution in [1.82, 2.24) is 4.90 Å². The largest absolute Gasteiger partial charge is 0.444 e. The quantitative estimate of drug-likeness (QED) is 0.772. The van der Waals surface area contributed by atoms with E-state index in [4.69, 9.17) is 10.5 Å². The Hall–Kier alpha value is -0.820. The third-order valence-corrected chi connectivity index (χ3v) is 6.98.